The molecule has 4 aromatic heterocycles. The Hall–Kier alpha value is -4.04. The summed E-state index contributed by atoms with van der Waals surface area (Å²) < 4.78 is 43.2. The van der Waals surface area contributed by atoms with Crippen LogP contribution >= 0.6 is 11.3 Å². The van der Waals surface area contributed by atoms with E-state index in [1.165, 1.54) is 38.4 Å². The number of imidazole rings is 1. The Labute approximate surface area is 240 Å². The SMILES string of the molecule is CCc1nc2ccc(C(C)(c3ccc(C(F)(F)F)nc3)c3cncn3C)cc2c(C)c1Cc1cc2ccccc2s1. The molecule has 4 heterocycles. The van der Waals surface area contributed by atoms with Gasteiger partial charge in [-0.25, -0.2) is 4.98 Å². The van der Waals surface area contributed by atoms with Crippen LogP contribution in [-0.2, 0) is 31.5 Å². The molecule has 0 spiro atoms. The molecular formula is C33H29F3N4S. The highest BCUT2D eigenvalue weighted by molar-refractivity contribution is 7.19. The molecule has 0 radical (unpaired) electrons. The summed E-state index contributed by atoms with van der Waals surface area (Å²) >= 11 is 1.81. The molecule has 2 aromatic carbocycles. The van der Waals surface area contributed by atoms with E-state index >= 15 is 0 Å². The number of aryl methyl sites for hydroxylation is 3. The van der Waals surface area contributed by atoms with Crippen LogP contribution < -0.4 is 0 Å². The van der Waals surface area contributed by atoms with E-state index in [1.54, 1.807) is 12.5 Å². The first kappa shape index (κ1) is 27.1. The standard InChI is InChI=1S/C33H29F3N4S/c1-5-27-26(16-24-14-21-8-6-7-9-29(21)41-24)20(2)25-15-22(10-12-28(25)39-27)32(3,31-18-37-19-40(31)4)23-11-13-30(38-17-23)33(34,35)36/h6-15,17-19H,5,16H2,1-4H3. The third-order valence-electron chi connectivity index (χ3n) is 8.16. The van der Waals surface area contributed by atoms with Gasteiger partial charge in [0.05, 0.1) is 23.0 Å². The van der Waals surface area contributed by atoms with Gasteiger partial charge in [0.25, 0.3) is 0 Å². The Balaban J connectivity index is 1.51. The number of nitrogens with zero attached hydrogens (tertiary/aromatic N) is 4. The number of thiophene rings is 1. The van der Waals surface area contributed by atoms with Crippen molar-refractivity contribution < 1.29 is 13.2 Å². The fourth-order valence-corrected chi connectivity index (χ4v) is 6.90. The topological polar surface area (TPSA) is 43.6 Å². The molecule has 8 heteroatoms. The first-order valence-electron chi connectivity index (χ1n) is 13.5. The lowest BCUT2D eigenvalue weighted by Gasteiger charge is -2.31. The van der Waals surface area contributed by atoms with Crippen LogP contribution in [0, 0.1) is 6.92 Å². The van der Waals surface area contributed by atoms with Crippen LogP contribution in [0.5, 0.6) is 0 Å². The molecule has 0 saturated carbocycles. The monoisotopic (exact) mass is 570 g/mol. The van der Waals surface area contributed by atoms with Crippen molar-refractivity contribution in [3.05, 3.63) is 124 Å². The number of alkyl halides is 3. The van der Waals surface area contributed by atoms with Crippen molar-refractivity contribution in [2.24, 2.45) is 7.05 Å². The predicted octanol–water partition coefficient (Wildman–Crippen LogP) is 8.41. The summed E-state index contributed by atoms with van der Waals surface area (Å²) in [5.41, 5.74) is 5.09. The zero-order valence-corrected chi connectivity index (χ0v) is 24.1. The van der Waals surface area contributed by atoms with Crippen LogP contribution in [0.1, 0.15) is 58.1 Å². The largest absolute Gasteiger partial charge is 0.433 e. The van der Waals surface area contributed by atoms with Gasteiger partial charge in [0.15, 0.2) is 0 Å². The Morgan fingerprint density at radius 1 is 0.951 bits per heavy atom. The summed E-state index contributed by atoms with van der Waals surface area (Å²) in [7, 11) is 1.89. The average molecular weight is 571 g/mol. The fraction of sp³-hybridized carbons (Fsp3) is 0.242. The smallest absolute Gasteiger partial charge is 0.337 e. The summed E-state index contributed by atoms with van der Waals surface area (Å²) in [4.78, 5) is 14.5. The number of hydrogen-bond donors (Lipinski definition) is 0. The maximum atomic E-state index is 13.3. The van der Waals surface area contributed by atoms with Crippen molar-refractivity contribution in [1.29, 1.82) is 0 Å². The minimum Gasteiger partial charge on any atom is -0.337 e. The molecular weight excluding hydrogens is 541 g/mol. The molecule has 4 nitrogen and oxygen atoms in total. The van der Waals surface area contributed by atoms with Gasteiger partial charge in [0.2, 0.25) is 0 Å². The molecule has 6 rings (SSSR count). The molecule has 208 valence electrons. The van der Waals surface area contributed by atoms with E-state index in [0.29, 0.717) is 5.56 Å². The van der Waals surface area contributed by atoms with Gasteiger partial charge in [-0.15, -0.1) is 11.3 Å². The van der Waals surface area contributed by atoms with Crippen molar-refractivity contribution >= 4 is 32.3 Å². The van der Waals surface area contributed by atoms with Gasteiger partial charge < -0.3 is 4.57 Å². The van der Waals surface area contributed by atoms with Crippen LogP contribution in [0.25, 0.3) is 21.0 Å². The Bertz CT molecular complexity index is 1850. The highest BCUT2D eigenvalue weighted by Gasteiger charge is 2.37. The van der Waals surface area contributed by atoms with Gasteiger partial charge >= 0.3 is 6.18 Å². The third kappa shape index (κ3) is 4.70. The molecule has 0 bridgehead atoms. The number of hydrogen-bond acceptors (Lipinski definition) is 4. The molecule has 1 unspecified atom stereocenters. The summed E-state index contributed by atoms with van der Waals surface area (Å²) in [6.45, 7) is 6.29. The molecule has 0 amide bonds. The summed E-state index contributed by atoms with van der Waals surface area (Å²) in [6, 6.07) is 19.4. The molecule has 0 aliphatic heterocycles. The predicted molar refractivity (Wildman–Crippen MR) is 158 cm³/mol. The zero-order valence-electron chi connectivity index (χ0n) is 23.3. The van der Waals surface area contributed by atoms with E-state index in [9.17, 15) is 13.2 Å². The molecule has 0 fully saturated rings. The van der Waals surface area contributed by atoms with Crippen LogP contribution in [0.4, 0.5) is 13.2 Å². The molecule has 0 aliphatic rings. The molecule has 0 N–H and O–H groups in total. The van der Waals surface area contributed by atoms with Gasteiger partial charge in [-0.05, 0) is 78.2 Å². The maximum absolute atomic E-state index is 13.3. The molecule has 1 atom stereocenters. The number of halogens is 3. The van der Waals surface area contributed by atoms with E-state index in [4.69, 9.17) is 4.98 Å². The van der Waals surface area contributed by atoms with E-state index in [1.807, 2.05) is 42.0 Å². The zero-order chi connectivity index (χ0) is 28.9. The second-order valence-corrected chi connectivity index (χ2v) is 11.8. The Kier molecular flexibility index (Phi) is 6.69. The first-order chi connectivity index (χ1) is 19.6. The maximum Gasteiger partial charge on any atom is 0.433 e. The normalized spacial score (nSPS) is 13.6. The van der Waals surface area contributed by atoms with Crippen molar-refractivity contribution in [2.75, 3.05) is 0 Å². The van der Waals surface area contributed by atoms with Crippen molar-refractivity contribution in [3.8, 4) is 0 Å². The number of benzene rings is 2. The minimum atomic E-state index is -4.50. The second kappa shape index (κ2) is 10.1. The molecule has 0 aliphatic carbocycles. The highest BCUT2D eigenvalue weighted by Crippen LogP contribution is 2.41. The average Bonchev–Trinajstić information content (AvgIpc) is 3.59. The summed E-state index contributed by atoms with van der Waals surface area (Å²) in [6.07, 6.45) is 1.91. The van der Waals surface area contributed by atoms with Gasteiger partial charge in [-0.1, -0.05) is 37.3 Å². The lowest BCUT2D eigenvalue weighted by atomic mass is 9.73. The van der Waals surface area contributed by atoms with Crippen LogP contribution in [-0.4, -0.2) is 19.5 Å². The van der Waals surface area contributed by atoms with Crippen LogP contribution in [0.15, 0.2) is 79.4 Å². The van der Waals surface area contributed by atoms with Crippen molar-refractivity contribution in [3.63, 3.8) is 0 Å². The summed E-state index contributed by atoms with van der Waals surface area (Å²) in [5.74, 6) is 0. The molecule has 6 aromatic rings. The quantitative estimate of drug-likeness (QED) is 0.202. The molecule has 41 heavy (non-hydrogen) atoms. The third-order valence-corrected chi connectivity index (χ3v) is 9.27. The lowest BCUT2D eigenvalue weighted by Crippen LogP contribution is -2.28. The van der Waals surface area contributed by atoms with Crippen molar-refractivity contribution in [1.82, 2.24) is 19.5 Å². The minimum absolute atomic E-state index is 0.648. The number of aromatic nitrogens is 4. The molecule has 0 saturated heterocycles. The van der Waals surface area contributed by atoms with E-state index in [2.05, 4.69) is 60.2 Å². The van der Waals surface area contributed by atoms with Crippen molar-refractivity contribution in [2.45, 2.75) is 45.2 Å². The second-order valence-electron chi connectivity index (χ2n) is 10.6. The van der Waals surface area contributed by atoms with Crippen LogP contribution in [0.2, 0.25) is 0 Å². The highest BCUT2D eigenvalue weighted by atomic mass is 32.1. The lowest BCUT2D eigenvalue weighted by molar-refractivity contribution is -0.141. The van der Waals surface area contributed by atoms with Gasteiger partial charge in [-0.3, -0.25) is 9.97 Å². The van der Waals surface area contributed by atoms with Crippen LogP contribution in [0.3, 0.4) is 0 Å². The Morgan fingerprint density at radius 2 is 1.73 bits per heavy atom. The van der Waals surface area contributed by atoms with E-state index in [0.717, 1.165) is 46.8 Å². The Morgan fingerprint density at radius 3 is 2.39 bits per heavy atom. The van der Waals surface area contributed by atoms with E-state index < -0.39 is 17.3 Å². The number of rotatable bonds is 6. The van der Waals surface area contributed by atoms with Gasteiger partial charge in [0.1, 0.15) is 5.69 Å². The van der Waals surface area contributed by atoms with Gasteiger partial charge in [0, 0.05) is 46.5 Å². The van der Waals surface area contributed by atoms with Gasteiger partial charge in [-0.2, -0.15) is 13.2 Å². The van der Waals surface area contributed by atoms with E-state index in [-0.39, 0.29) is 0 Å². The number of pyridine rings is 2. The number of fused-ring (bicyclic) bond motifs is 2. The summed E-state index contributed by atoms with van der Waals surface area (Å²) in [5, 5.41) is 2.28. The fourth-order valence-electron chi connectivity index (χ4n) is 5.82. The first-order valence-corrected chi connectivity index (χ1v) is 14.3.